The summed E-state index contributed by atoms with van der Waals surface area (Å²) in [5.41, 5.74) is 3.84. The third kappa shape index (κ3) is 12.4. The zero-order valence-electron chi connectivity index (χ0n) is 21.9. The summed E-state index contributed by atoms with van der Waals surface area (Å²) in [4.78, 5) is 24.8. The maximum Gasteiger partial charge on any atom is 0.218 e. The summed E-state index contributed by atoms with van der Waals surface area (Å²) in [6.07, 6.45) is 0.750. The van der Waals surface area contributed by atoms with Crippen LogP contribution < -0.4 is 4.74 Å². The van der Waals surface area contributed by atoms with Crippen LogP contribution in [0.15, 0.2) is 58.4 Å². The van der Waals surface area contributed by atoms with Gasteiger partial charge in [0, 0.05) is 43.6 Å². The minimum absolute atomic E-state index is 0. The predicted octanol–water partition coefficient (Wildman–Crippen LogP) is 8.02. The zero-order chi connectivity index (χ0) is 28.0. The molecule has 4 aromatic rings. The van der Waals surface area contributed by atoms with Crippen molar-refractivity contribution in [2.45, 2.75) is 35.1 Å². The number of rotatable bonds is 3. The van der Waals surface area contributed by atoms with E-state index >= 15 is 0 Å². The number of methoxy groups -OCH3 is 1. The van der Waals surface area contributed by atoms with E-state index in [9.17, 15) is 4.79 Å². The van der Waals surface area contributed by atoms with Gasteiger partial charge in [-0.2, -0.15) is 0 Å². The normalized spacial score (nSPS) is 9.18. The molecule has 0 unspecified atom stereocenters. The van der Waals surface area contributed by atoms with Crippen LogP contribution in [0.2, 0.25) is 10.0 Å². The van der Waals surface area contributed by atoms with E-state index in [2.05, 4.69) is 10.1 Å². The van der Waals surface area contributed by atoms with Crippen LogP contribution in [0, 0.1) is 13.8 Å². The van der Waals surface area contributed by atoms with Gasteiger partial charge in [-0.1, -0.05) is 41.9 Å². The molecule has 2 aromatic carbocycles. The Kier molecular flexibility index (Phi) is 16.6. The lowest BCUT2D eigenvalue weighted by Crippen LogP contribution is -2.17. The van der Waals surface area contributed by atoms with Gasteiger partial charge in [0.15, 0.2) is 5.76 Å². The molecule has 2 aromatic heterocycles. The van der Waals surface area contributed by atoms with E-state index in [0.717, 1.165) is 45.3 Å². The number of aromatic nitrogens is 2. The SMILES string of the molecule is C.CC(=O)N(C)C.CC=O.COc1ccc(-c2cc(C)no2)cc1.Cc1nc(-c2ccc(Cl)c(Cl)c2)cs1. The highest BCUT2D eigenvalue weighted by atomic mass is 35.5. The first kappa shape index (κ1) is 34.8. The second-order valence-electron chi connectivity index (χ2n) is 7.59. The fourth-order valence-corrected chi connectivity index (χ4v) is 3.33. The second-order valence-corrected chi connectivity index (χ2v) is 9.47. The summed E-state index contributed by atoms with van der Waals surface area (Å²) >= 11 is 13.4. The summed E-state index contributed by atoms with van der Waals surface area (Å²) in [7, 11) is 5.10. The van der Waals surface area contributed by atoms with Crippen LogP contribution in [0.4, 0.5) is 0 Å². The fourth-order valence-electron chi connectivity index (χ4n) is 2.41. The van der Waals surface area contributed by atoms with Crippen LogP contribution in [0.25, 0.3) is 22.6 Å². The van der Waals surface area contributed by atoms with E-state index in [1.807, 2.05) is 61.7 Å². The number of nitrogens with zero attached hydrogens (tertiary/aromatic N) is 3. The van der Waals surface area contributed by atoms with Gasteiger partial charge >= 0.3 is 0 Å². The molecule has 0 atom stereocenters. The lowest BCUT2D eigenvalue weighted by molar-refractivity contribution is -0.126. The molecule has 0 saturated carbocycles. The molecule has 1 amide bonds. The van der Waals surface area contributed by atoms with Gasteiger partial charge in [0.1, 0.15) is 12.0 Å². The lowest BCUT2D eigenvalue weighted by atomic mass is 10.1. The maximum absolute atomic E-state index is 10.1. The van der Waals surface area contributed by atoms with Crippen molar-refractivity contribution in [2.24, 2.45) is 0 Å². The number of thiazole rings is 1. The van der Waals surface area contributed by atoms with E-state index in [4.69, 9.17) is 37.3 Å². The van der Waals surface area contributed by atoms with E-state index in [1.54, 1.807) is 38.6 Å². The van der Waals surface area contributed by atoms with Gasteiger partial charge in [0.25, 0.3) is 0 Å². The van der Waals surface area contributed by atoms with Gasteiger partial charge in [-0.05, 0) is 57.2 Å². The smallest absolute Gasteiger partial charge is 0.218 e. The van der Waals surface area contributed by atoms with Crippen LogP contribution in [-0.2, 0) is 9.59 Å². The molecule has 0 fully saturated rings. The van der Waals surface area contributed by atoms with Crippen molar-refractivity contribution < 1.29 is 18.8 Å². The van der Waals surface area contributed by atoms with Crippen molar-refractivity contribution in [3.8, 4) is 28.3 Å². The topological polar surface area (TPSA) is 85.5 Å². The molecule has 0 spiro atoms. The first-order valence-electron chi connectivity index (χ1n) is 11.0. The monoisotopic (exact) mass is 579 g/mol. The Labute approximate surface area is 239 Å². The molecule has 0 aliphatic heterocycles. The summed E-state index contributed by atoms with van der Waals surface area (Å²) in [5.74, 6) is 1.71. The molecule has 38 heavy (non-hydrogen) atoms. The Morgan fingerprint density at radius 3 is 1.97 bits per heavy atom. The van der Waals surface area contributed by atoms with Crippen molar-refractivity contribution in [2.75, 3.05) is 21.2 Å². The number of aldehydes is 1. The second kappa shape index (κ2) is 18.1. The Bertz CT molecular complexity index is 1260. The molecule has 0 N–H and O–H groups in total. The van der Waals surface area contributed by atoms with Crippen LogP contribution in [0.5, 0.6) is 5.75 Å². The van der Waals surface area contributed by atoms with E-state index in [1.165, 1.54) is 18.7 Å². The van der Waals surface area contributed by atoms with Crippen molar-refractivity contribution in [1.82, 2.24) is 15.0 Å². The summed E-state index contributed by atoms with van der Waals surface area (Å²) in [6.45, 7) is 6.85. The first-order chi connectivity index (χ1) is 17.5. The zero-order valence-corrected chi connectivity index (χ0v) is 24.2. The minimum atomic E-state index is 0. The Morgan fingerprint density at radius 1 is 1.03 bits per heavy atom. The van der Waals surface area contributed by atoms with Crippen molar-refractivity contribution in [1.29, 1.82) is 0 Å². The van der Waals surface area contributed by atoms with Crippen molar-refractivity contribution >= 4 is 46.7 Å². The minimum Gasteiger partial charge on any atom is -0.497 e. The van der Waals surface area contributed by atoms with Crippen LogP contribution >= 0.6 is 34.5 Å². The molecule has 10 heteroatoms. The van der Waals surface area contributed by atoms with Crippen LogP contribution in [-0.4, -0.2) is 48.4 Å². The number of ether oxygens (including phenoxy) is 1. The van der Waals surface area contributed by atoms with Gasteiger partial charge in [-0.25, -0.2) is 4.98 Å². The van der Waals surface area contributed by atoms with Crippen molar-refractivity contribution in [3.05, 3.63) is 74.7 Å². The molecular formula is C28H35Cl2N3O4S. The molecule has 0 bridgehead atoms. The quantitative estimate of drug-likeness (QED) is 0.228. The fraction of sp³-hybridized carbons (Fsp3) is 0.286. The largest absolute Gasteiger partial charge is 0.497 e. The van der Waals surface area contributed by atoms with Crippen LogP contribution in [0.3, 0.4) is 0 Å². The highest BCUT2D eigenvalue weighted by molar-refractivity contribution is 7.09. The molecule has 7 nitrogen and oxygen atoms in total. The van der Waals surface area contributed by atoms with Gasteiger partial charge in [-0.15, -0.1) is 11.3 Å². The van der Waals surface area contributed by atoms with E-state index in [0.29, 0.717) is 10.0 Å². The van der Waals surface area contributed by atoms with E-state index < -0.39 is 0 Å². The number of amides is 1. The molecule has 2 heterocycles. The number of benzene rings is 2. The maximum atomic E-state index is 10.1. The number of aryl methyl sites for hydroxylation is 2. The molecular weight excluding hydrogens is 545 g/mol. The van der Waals surface area contributed by atoms with Crippen LogP contribution in [0.1, 0.15) is 32.0 Å². The molecule has 206 valence electrons. The van der Waals surface area contributed by atoms with E-state index in [-0.39, 0.29) is 13.3 Å². The number of carbonyl (C=O) groups excluding carboxylic acids is 2. The first-order valence-corrected chi connectivity index (χ1v) is 12.7. The van der Waals surface area contributed by atoms with Gasteiger partial charge in [0.2, 0.25) is 5.91 Å². The molecule has 0 aliphatic carbocycles. The number of hydrogen-bond acceptors (Lipinski definition) is 7. The Balaban J connectivity index is 0.000000541. The van der Waals surface area contributed by atoms with Gasteiger partial charge in [0.05, 0.1) is 33.6 Å². The van der Waals surface area contributed by atoms with Gasteiger partial charge in [-0.3, -0.25) is 4.79 Å². The molecule has 0 radical (unpaired) electrons. The van der Waals surface area contributed by atoms with Gasteiger partial charge < -0.3 is 19.0 Å². The summed E-state index contributed by atoms with van der Waals surface area (Å²) < 4.78 is 10.2. The predicted molar refractivity (Wildman–Crippen MR) is 158 cm³/mol. The molecule has 0 aliphatic rings. The Hall–Kier alpha value is -3.20. The summed E-state index contributed by atoms with van der Waals surface area (Å²) in [5, 5.41) is 8.02. The highest BCUT2D eigenvalue weighted by Crippen LogP contribution is 2.29. The molecule has 4 rings (SSSR count). The number of hydrogen-bond donors (Lipinski definition) is 0. The van der Waals surface area contributed by atoms with Crippen molar-refractivity contribution in [3.63, 3.8) is 0 Å². The number of halogens is 2. The summed E-state index contributed by atoms with van der Waals surface area (Å²) in [6, 6.07) is 15.1. The third-order valence-corrected chi connectivity index (χ3v) is 5.98. The highest BCUT2D eigenvalue weighted by Gasteiger charge is 2.05. The third-order valence-electron chi connectivity index (χ3n) is 4.47. The Morgan fingerprint density at radius 2 is 1.58 bits per heavy atom. The average Bonchev–Trinajstić information content (AvgIpc) is 3.50. The average molecular weight is 581 g/mol. The number of carbonyl (C=O) groups is 2. The standard InChI is InChI=1S/C11H11NO2.C10H7Cl2NS.C4H9NO.C2H4O.CH4/c1-8-7-11(14-12-8)9-3-5-10(13-2)6-4-9;1-6-13-10(5-14-6)7-2-3-8(11)9(12)4-7;1-4(6)5(2)3;1-2-3;/h3-7H,1-2H3;2-5H,1H3;1-3H3;2H,1H3;1H4. The lowest BCUT2D eigenvalue weighted by Gasteiger charge is -2.02. The molecule has 0 saturated heterocycles.